The van der Waals surface area contributed by atoms with E-state index in [1.165, 1.54) is 16.7 Å². The summed E-state index contributed by atoms with van der Waals surface area (Å²) < 4.78 is 17.6. The van der Waals surface area contributed by atoms with Crippen molar-refractivity contribution in [3.63, 3.8) is 0 Å². The Morgan fingerprint density at radius 3 is 2.80 bits per heavy atom. The molecule has 0 bridgehead atoms. The zero-order valence-corrected chi connectivity index (χ0v) is 20.3. The lowest BCUT2D eigenvalue weighted by Gasteiger charge is -2.27. The summed E-state index contributed by atoms with van der Waals surface area (Å²) in [5, 5.41) is 0. The zero-order valence-electron chi connectivity index (χ0n) is 20.3. The molecule has 2 aromatic heterocycles. The number of likely N-dealkylation sites (N-methyl/N-ethyl adjacent to an activating group) is 1. The number of aromatic nitrogens is 3. The van der Waals surface area contributed by atoms with E-state index in [1.807, 2.05) is 6.07 Å². The number of nitrogens with zero attached hydrogens (tertiary/aromatic N) is 4. The fourth-order valence-electron chi connectivity index (χ4n) is 4.70. The number of pyridine rings is 1. The van der Waals surface area contributed by atoms with Crippen molar-refractivity contribution in [3.8, 4) is 22.9 Å². The van der Waals surface area contributed by atoms with Gasteiger partial charge in [-0.1, -0.05) is 0 Å². The Bertz CT molecular complexity index is 1210. The van der Waals surface area contributed by atoms with Crippen LogP contribution >= 0.6 is 0 Å². The van der Waals surface area contributed by atoms with Crippen molar-refractivity contribution >= 4 is 11.6 Å². The van der Waals surface area contributed by atoms with Crippen LogP contribution in [0.2, 0.25) is 0 Å². The van der Waals surface area contributed by atoms with Crippen molar-refractivity contribution < 1.29 is 14.2 Å². The van der Waals surface area contributed by atoms with Crippen molar-refractivity contribution in [1.82, 2.24) is 19.9 Å². The van der Waals surface area contributed by atoms with Crippen LogP contribution in [0.1, 0.15) is 35.1 Å². The number of ether oxygens (including phenoxy) is 3. The van der Waals surface area contributed by atoms with Gasteiger partial charge in [-0.2, -0.15) is 0 Å². The second-order valence-electron chi connectivity index (χ2n) is 9.27. The molecule has 1 aromatic carbocycles. The topological polar surface area (TPSA) is 122 Å². The molecular formula is C26H32N6O3. The first kappa shape index (κ1) is 23.3. The van der Waals surface area contributed by atoms with Crippen LogP contribution in [0.3, 0.4) is 0 Å². The molecule has 4 heterocycles. The fourth-order valence-corrected chi connectivity index (χ4v) is 4.70. The first-order chi connectivity index (χ1) is 17.0. The molecule has 0 amide bonds. The smallest absolute Gasteiger partial charge is 0.258 e. The predicted octanol–water partition coefficient (Wildman–Crippen LogP) is 3.14. The maximum absolute atomic E-state index is 6.18. The third-order valence-corrected chi connectivity index (χ3v) is 6.64. The maximum atomic E-state index is 6.18. The molecule has 5 rings (SSSR count). The van der Waals surface area contributed by atoms with Gasteiger partial charge < -0.3 is 30.6 Å². The third kappa shape index (κ3) is 5.16. The minimum Gasteiger partial charge on any atom is -0.486 e. The molecule has 0 saturated carbocycles. The number of rotatable bonds is 6. The molecule has 2 aliphatic rings. The van der Waals surface area contributed by atoms with Crippen molar-refractivity contribution in [2.24, 2.45) is 0 Å². The molecule has 9 heteroatoms. The molecule has 1 fully saturated rings. The normalized spacial score (nSPS) is 16.6. The van der Waals surface area contributed by atoms with Gasteiger partial charge in [-0.05, 0) is 55.3 Å². The summed E-state index contributed by atoms with van der Waals surface area (Å²) >= 11 is 0. The van der Waals surface area contributed by atoms with Gasteiger partial charge in [0.05, 0.1) is 25.1 Å². The summed E-state index contributed by atoms with van der Waals surface area (Å²) in [6.45, 7) is 5.69. The molecular weight excluding hydrogens is 444 g/mol. The van der Waals surface area contributed by atoms with Gasteiger partial charge >= 0.3 is 0 Å². The molecule has 0 unspecified atom stereocenters. The standard InChI is InChI=1S/C26H32N6O3/c1-16-11-18(12-19-14-32(2)8-4-21(16)19)22-13-30-25(28)26(31-22)34-15-17-3-7-29-24(27)23(17)35-20-5-9-33-10-6-20/h3,7,11-13,20H,4-6,8-10,14-15H2,1-2H3,(H2,27,29)(H2,28,30). The number of aryl methyl sites for hydroxylation is 1. The number of nitrogen functional groups attached to an aromatic ring is 2. The maximum Gasteiger partial charge on any atom is 0.258 e. The highest BCUT2D eigenvalue weighted by atomic mass is 16.5. The van der Waals surface area contributed by atoms with Gasteiger partial charge in [0, 0.05) is 43.3 Å². The van der Waals surface area contributed by atoms with Crippen LogP contribution in [0.5, 0.6) is 11.6 Å². The minimum absolute atomic E-state index is 0.0356. The highest BCUT2D eigenvalue weighted by Gasteiger charge is 2.21. The molecule has 0 radical (unpaired) electrons. The molecule has 184 valence electrons. The third-order valence-electron chi connectivity index (χ3n) is 6.64. The second-order valence-corrected chi connectivity index (χ2v) is 9.27. The Labute approximate surface area is 205 Å². The molecule has 9 nitrogen and oxygen atoms in total. The van der Waals surface area contributed by atoms with Gasteiger partial charge in [0.15, 0.2) is 17.4 Å². The first-order valence-electron chi connectivity index (χ1n) is 12.0. The van der Waals surface area contributed by atoms with Crippen molar-refractivity contribution in [2.75, 3.05) is 38.3 Å². The Balaban J connectivity index is 1.37. The highest BCUT2D eigenvalue weighted by Crippen LogP contribution is 2.32. The summed E-state index contributed by atoms with van der Waals surface area (Å²) in [7, 11) is 2.14. The van der Waals surface area contributed by atoms with Gasteiger partial charge in [0.2, 0.25) is 0 Å². The number of nitrogens with two attached hydrogens (primary N) is 2. The lowest BCUT2D eigenvalue weighted by atomic mass is 9.92. The van der Waals surface area contributed by atoms with Crippen molar-refractivity contribution in [1.29, 1.82) is 0 Å². The van der Waals surface area contributed by atoms with E-state index in [0.717, 1.165) is 49.2 Å². The Kier molecular flexibility index (Phi) is 6.70. The Morgan fingerprint density at radius 1 is 1.14 bits per heavy atom. The minimum atomic E-state index is 0.0356. The van der Waals surface area contributed by atoms with E-state index in [1.54, 1.807) is 12.4 Å². The quantitative estimate of drug-likeness (QED) is 0.552. The Hall–Kier alpha value is -3.43. The van der Waals surface area contributed by atoms with E-state index in [4.69, 9.17) is 30.7 Å². The molecule has 3 aromatic rings. The van der Waals surface area contributed by atoms with E-state index in [-0.39, 0.29) is 24.4 Å². The van der Waals surface area contributed by atoms with Crippen molar-refractivity contribution in [2.45, 2.75) is 45.4 Å². The van der Waals surface area contributed by atoms with E-state index < -0.39 is 0 Å². The van der Waals surface area contributed by atoms with E-state index >= 15 is 0 Å². The first-order valence-corrected chi connectivity index (χ1v) is 12.0. The van der Waals surface area contributed by atoms with Crippen molar-refractivity contribution in [3.05, 3.63) is 52.8 Å². The number of anilines is 2. The monoisotopic (exact) mass is 476 g/mol. The van der Waals surface area contributed by atoms with E-state index in [9.17, 15) is 0 Å². The van der Waals surface area contributed by atoms with Crippen LogP contribution in [0.25, 0.3) is 11.3 Å². The molecule has 2 aliphatic heterocycles. The number of hydrogen-bond donors (Lipinski definition) is 2. The van der Waals surface area contributed by atoms with E-state index in [0.29, 0.717) is 24.8 Å². The summed E-state index contributed by atoms with van der Waals surface area (Å²) in [5.74, 6) is 1.39. The number of benzene rings is 1. The summed E-state index contributed by atoms with van der Waals surface area (Å²) in [4.78, 5) is 15.6. The van der Waals surface area contributed by atoms with E-state index in [2.05, 4.69) is 41.0 Å². The summed E-state index contributed by atoms with van der Waals surface area (Å²) in [5.41, 5.74) is 18.8. The molecule has 0 spiro atoms. The van der Waals surface area contributed by atoms with Crippen LogP contribution in [0.4, 0.5) is 11.6 Å². The van der Waals surface area contributed by atoms with Crippen LogP contribution in [-0.4, -0.2) is 52.8 Å². The lowest BCUT2D eigenvalue weighted by molar-refractivity contribution is 0.0250. The van der Waals surface area contributed by atoms with Gasteiger partial charge in [0.1, 0.15) is 12.7 Å². The molecule has 1 saturated heterocycles. The molecule has 0 atom stereocenters. The summed E-state index contributed by atoms with van der Waals surface area (Å²) in [6.07, 6.45) is 6.06. The zero-order chi connectivity index (χ0) is 24.4. The summed E-state index contributed by atoms with van der Waals surface area (Å²) in [6, 6.07) is 6.20. The van der Waals surface area contributed by atoms with Crippen LogP contribution in [-0.2, 0) is 24.3 Å². The molecule has 0 aliphatic carbocycles. The SMILES string of the molecule is Cc1cc(-c2cnc(N)c(OCc3ccnc(N)c3OC3CCOCC3)n2)cc2c1CCN(C)C2. The highest BCUT2D eigenvalue weighted by molar-refractivity contribution is 5.64. The average Bonchev–Trinajstić information content (AvgIpc) is 2.85. The average molecular weight is 477 g/mol. The fraction of sp³-hybridized carbons (Fsp3) is 0.423. The molecule has 35 heavy (non-hydrogen) atoms. The van der Waals surface area contributed by atoms with Gasteiger partial charge in [-0.25, -0.2) is 15.0 Å². The number of fused-ring (bicyclic) bond motifs is 1. The Morgan fingerprint density at radius 2 is 1.97 bits per heavy atom. The van der Waals surface area contributed by atoms with Crippen LogP contribution in [0, 0.1) is 6.92 Å². The van der Waals surface area contributed by atoms with Crippen LogP contribution < -0.4 is 20.9 Å². The van der Waals surface area contributed by atoms with Gasteiger partial charge in [0.25, 0.3) is 5.88 Å². The predicted molar refractivity (Wildman–Crippen MR) is 134 cm³/mol. The molecule has 4 N–H and O–H groups in total. The van der Waals surface area contributed by atoms with Crippen LogP contribution in [0.15, 0.2) is 30.6 Å². The van der Waals surface area contributed by atoms with Gasteiger partial charge in [-0.3, -0.25) is 0 Å². The largest absolute Gasteiger partial charge is 0.486 e. The second kappa shape index (κ2) is 10.1. The van der Waals surface area contributed by atoms with Gasteiger partial charge in [-0.15, -0.1) is 0 Å². The lowest BCUT2D eigenvalue weighted by Crippen LogP contribution is -2.27. The number of hydrogen-bond acceptors (Lipinski definition) is 9.